The highest BCUT2D eigenvalue weighted by atomic mass is 32.2. The van der Waals surface area contributed by atoms with Crippen molar-refractivity contribution in [3.05, 3.63) is 30.1 Å². The second-order valence-corrected chi connectivity index (χ2v) is 9.82. The summed E-state index contributed by atoms with van der Waals surface area (Å²) in [6.45, 7) is 0. The van der Waals surface area contributed by atoms with Gasteiger partial charge in [-0.2, -0.15) is 0 Å². The van der Waals surface area contributed by atoms with Crippen LogP contribution in [0.15, 0.2) is 29.2 Å². The lowest BCUT2D eigenvalue weighted by Gasteiger charge is -2.34. The highest BCUT2D eigenvalue weighted by Crippen LogP contribution is 2.30. The van der Waals surface area contributed by atoms with Crippen LogP contribution in [0.4, 0.5) is 4.39 Å². The molecule has 4 nitrogen and oxygen atoms in total. The van der Waals surface area contributed by atoms with Gasteiger partial charge >= 0.3 is 0 Å². The summed E-state index contributed by atoms with van der Waals surface area (Å²) in [5.74, 6) is 0.238. The molecule has 1 amide bonds. The average Bonchev–Trinajstić information content (AvgIpc) is 3.17. The van der Waals surface area contributed by atoms with Gasteiger partial charge in [0.2, 0.25) is 5.91 Å². The van der Waals surface area contributed by atoms with Gasteiger partial charge < -0.3 is 4.90 Å². The predicted molar refractivity (Wildman–Crippen MR) is 93.3 cm³/mol. The van der Waals surface area contributed by atoms with Gasteiger partial charge in [-0.25, -0.2) is 12.8 Å². The van der Waals surface area contributed by atoms with Gasteiger partial charge in [0.1, 0.15) is 5.82 Å². The Morgan fingerprint density at radius 3 is 2.38 bits per heavy atom. The molecule has 132 valence electrons. The summed E-state index contributed by atoms with van der Waals surface area (Å²) in [5.41, 5.74) is 0. The lowest BCUT2D eigenvalue weighted by Crippen LogP contribution is -2.47. The number of halogens is 1. The van der Waals surface area contributed by atoms with E-state index in [4.69, 9.17) is 0 Å². The number of carbonyl (C=O) groups is 1. The molecule has 1 aliphatic heterocycles. The largest absolute Gasteiger partial charge is 0.335 e. The Hall–Kier alpha value is -1.08. The molecule has 1 aromatic rings. The maximum Gasteiger partial charge on any atom is 0.233 e. The summed E-state index contributed by atoms with van der Waals surface area (Å²) >= 11 is 1.38. The van der Waals surface area contributed by atoms with Crippen molar-refractivity contribution in [2.24, 2.45) is 0 Å². The first kappa shape index (κ1) is 17.7. The van der Waals surface area contributed by atoms with Crippen molar-refractivity contribution in [1.82, 2.24) is 4.90 Å². The molecule has 0 aromatic heterocycles. The van der Waals surface area contributed by atoms with Crippen molar-refractivity contribution in [2.75, 3.05) is 17.3 Å². The van der Waals surface area contributed by atoms with Crippen LogP contribution < -0.4 is 0 Å². The number of carbonyl (C=O) groups excluding carboxylic acids is 1. The maximum atomic E-state index is 13.0. The van der Waals surface area contributed by atoms with Crippen molar-refractivity contribution >= 4 is 27.5 Å². The van der Waals surface area contributed by atoms with Gasteiger partial charge in [-0.05, 0) is 43.5 Å². The van der Waals surface area contributed by atoms with Gasteiger partial charge in [-0.3, -0.25) is 4.79 Å². The van der Waals surface area contributed by atoms with Crippen molar-refractivity contribution < 1.29 is 17.6 Å². The van der Waals surface area contributed by atoms with Crippen LogP contribution in [0.3, 0.4) is 0 Å². The van der Waals surface area contributed by atoms with E-state index in [9.17, 15) is 17.6 Å². The van der Waals surface area contributed by atoms with E-state index in [2.05, 4.69) is 0 Å². The molecule has 3 rings (SSSR count). The molecule has 0 N–H and O–H groups in total. The summed E-state index contributed by atoms with van der Waals surface area (Å²) < 4.78 is 36.6. The zero-order chi connectivity index (χ0) is 17.2. The number of sulfone groups is 1. The molecule has 1 atom stereocenters. The summed E-state index contributed by atoms with van der Waals surface area (Å²) in [4.78, 5) is 15.5. The highest BCUT2D eigenvalue weighted by molar-refractivity contribution is 8.00. The molecule has 1 aromatic carbocycles. The molecule has 1 saturated heterocycles. The number of thioether (sulfide) groups is 1. The monoisotopic (exact) mass is 371 g/mol. The summed E-state index contributed by atoms with van der Waals surface area (Å²) in [5, 5.41) is 0. The van der Waals surface area contributed by atoms with Crippen LogP contribution in [-0.2, 0) is 14.6 Å². The van der Waals surface area contributed by atoms with Gasteiger partial charge in [0.15, 0.2) is 9.84 Å². The standard InChI is InChI=1S/C17H22FNO3S2/c18-13-5-7-16(8-6-13)23-11-17(20)19(14-3-1-2-4-14)15-9-10-24(21,22)12-15/h5-8,14-15H,1-4,9-12H2. The fraction of sp³-hybridized carbons (Fsp3) is 0.588. The van der Waals surface area contributed by atoms with Crippen LogP contribution in [0.5, 0.6) is 0 Å². The molecule has 0 radical (unpaired) electrons. The minimum Gasteiger partial charge on any atom is -0.335 e. The van der Waals surface area contributed by atoms with E-state index in [1.807, 2.05) is 4.90 Å². The van der Waals surface area contributed by atoms with E-state index < -0.39 is 9.84 Å². The zero-order valence-electron chi connectivity index (χ0n) is 13.5. The van der Waals surface area contributed by atoms with E-state index in [0.717, 1.165) is 30.6 Å². The molecule has 0 bridgehead atoms. The highest BCUT2D eigenvalue weighted by Gasteiger charge is 2.38. The molecule has 7 heteroatoms. The maximum absolute atomic E-state index is 13.0. The average molecular weight is 371 g/mol. The van der Waals surface area contributed by atoms with E-state index >= 15 is 0 Å². The molecular weight excluding hydrogens is 349 g/mol. The smallest absolute Gasteiger partial charge is 0.233 e. The van der Waals surface area contributed by atoms with Crippen molar-refractivity contribution in [3.63, 3.8) is 0 Å². The Balaban J connectivity index is 1.67. The van der Waals surface area contributed by atoms with Crippen LogP contribution in [0.2, 0.25) is 0 Å². The number of amides is 1. The number of hydrogen-bond donors (Lipinski definition) is 0. The van der Waals surface area contributed by atoms with Crippen LogP contribution in [0.1, 0.15) is 32.1 Å². The molecule has 1 saturated carbocycles. The van der Waals surface area contributed by atoms with Crippen molar-refractivity contribution in [3.8, 4) is 0 Å². The number of benzene rings is 1. The van der Waals surface area contributed by atoms with Gasteiger partial charge in [-0.1, -0.05) is 12.8 Å². The van der Waals surface area contributed by atoms with Gasteiger partial charge in [0, 0.05) is 17.0 Å². The third kappa shape index (κ3) is 4.30. The summed E-state index contributed by atoms with van der Waals surface area (Å²) in [6.07, 6.45) is 4.66. The minimum atomic E-state index is -3.02. The Morgan fingerprint density at radius 1 is 1.12 bits per heavy atom. The first-order chi connectivity index (χ1) is 11.4. The number of hydrogen-bond acceptors (Lipinski definition) is 4. The van der Waals surface area contributed by atoms with Gasteiger partial charge in [0.05, 0.1) is 17.3 Å². The topological polar surface area (TPSA) is 54.5 Å². The summed E-state index contributed by atoms with van der Waals surface area (Å²) in [7, 11) is -3.02. The normalized spacial score (nSPS) is 23.5. The molecule has 1 aliphatic carbocycles. The Morgan fingerprint density at radius 2 is 1.79 bits per heavy atom. The number of rotatable bonds is 5. The molecular formula is C17H22FNO3S2. The Labute approximate surface area is 146 Å². The molecule has 24 heavy (non-hydrogen) atoms. The van der Waals surface area contributed by atoms with Crippen molar-refractivity contribution in [2.45, 2.75) is 49.1 Å². The van der Waals surface area contributed by atoms with E-state index in [-0.39, 0.29) is 41.1 Å². The zero-order valence-corrected chi connectivity index (χ0v) is 15.1. The molecule has 1 heterocycles. The second-order valence-electron chi connectivity index (χ2n) is 6.54. The van der Waals surface area contributed by atoms with Gasteiger partial charge in [0.25, 0.3) is 0 Å². The fourth-order valence-corrected chi connectivity index (χ4v) is 6.11. The molecule has 2 aliphatic rings. The first-order valence-corrected chi connectivity index (χ1v) is 11.2. The van der Waals surface area contributed by atoms with Crippen LogP contribution >= 0.6 is 11.8 Å². The third-order valence-corrected chi connectivity index (χ3v) is 7.53. The summed E-state index contributed by atoms with van der Waals surface area (Å²) in [6, 6.07) is 6.07. The van der Waals surface area contributed by atoms with Crippen LogP contribution in [-0.4, -0.2) is 48.6 Å². The first-order valence-electron chi connectivity index (χ1n) is 8.34. The van der Waals surface area contributed by atoms with Crippen LogP contribution in [0.25, 0.3) is 0 Å². The fourth-order valence-electron chi connectivity index (χ4n) is 3.63. The van der Waals surface area contributed by atoms with Crippen LogP contribution in [0, 0.1) is 5.82 Å². The van der Waals surface area contributed by atoms with E-state index in [0.29, 0.717) is 6.42 Å². The quantitative estimate of drug-likeness (QED) is 0.747. The molecule has 2 fully saturated rings. The van der Waals surface area contributed by atoms with E-state index in [1.165, 1.54) is 23.9 Å². The second kappa shape index (κ2) is 7.44. The predicted octanol–water partition coefficient (Wildman–Crippen LogP) is 2.88. The Kier molecular flexibility index (Phi) is 5.49. The van der Waals surface area contributed by atoms with Crippen molar-refractivity contribution in [1.29, 1.82) is 0 Å². The third-order valence-electron chi connectivity index (χ3n) is 4.78. The Bertz CT molecular complexity index is 684. The van der Waals surface area contributed by atoms with E-state index in [1.54, 1.807) is 12.1 Å². The number of nitrogens with zero attached hydrogens (tertiary/aromatic N) is 1. The lowest BCUT2D eigenvalue weighted by atomic mass is 10.1. The SMILES string of the molecule is O=C(CSc1ccc(F)cc1)N(C1CCCC1)C1CCS(=O)(=O)C1. The van der Waals surface area contributed by atoms with Gasteiger partial charge in [-0.15, -0.1) is 11.8 Å². The lowest BCUT2D eigenvalue weighted by molar-refractivity contribution is -0.132. The minimum absolute atomic E-state index is 0.00155. The molecule has 1 unspecified atom stereocenters. The molecule has 0 spiro atoms.